The Balaban J connectivity index is 2.36. The summed E-state index contributed by atoms with van der Waals surface area (Å²) in [6, 6.07) is 8.71. The van der Waals surface area contributed by atoms with E-state index in [0.29, 0.717) is 16.1 Å². The highest BCUT2D eigenvalue weighted by Crippen LogP contribution is 2.26. The highest BCUT2D eigenvalue weighted by molar-refractivity contribution is 7.14. The average molecular weight is 325 g/mol. The van der Waals surface area contributed by atoms with E-state index in [9.17, 15) is 20.1 Å². The molecular formula is C17H15N3O2S. The number of aryl methyl sites for hydroxylation is 3. The van der Waals surface area contributed by atoms with E-state index in [1.807, 2.05) is 19.1 Å². The van der Waals surface area contributed by atoms with Gasteiger partial charge in [-0.2, -0.15) is 10.5 Å². The molecule has 2 heterocycles. The number of rotatable bonds is 5. The predicted molar refractivity (Wildman–Crippen MR) is 86.2 cm³/mol. The second-order valence-electron chi connectivity index (χ2n) is 5.34. The molecule has 0 radical (unpaired) electrons. The Morgan fingerprint density at radius 3 is 2.13 bits per heavy atom. The van der Waals surface area contributed by atoms with Crippen molar-refractivity contribution >= 4 is 22.9 Å². The minimum absolute atomic E-state index is 0.351. The van der Waals surface area contributed by atoms with Crippen molar-refractivity contribution < 1.29 is 9.59 Å². The first-order valence-electron chi connectivity index (χ1n) is 6.99. The van der Waals surface area contributed by atoms with Crippen molar-refractivity contribution in [3.8, 4) is 12.1 Å². The van der Waals surface area contributed by atoms with E-state index in [0.717, 1.165) is 10.6 Å². The summed E-state index contributed by atoms with van der Waals surface area (Å²) in [6.45, 7) is 5.37. The molecule has 6 heteroatoms. The normalized spacial score (nSPS) is 12.9. The van der Waals surface area contributed by atoms with Gasteiger partial charge < -0.3 is 4.98 Å². The summed E-state index contributed by atoms with van der Waals surface area (Å²) < 4.78 is 0. The van der Waals surface area contributed by atoms with Crippen molar-refractivity contribution in [2.45, 2.75) is 20.8 Å². The fraction of sp³-hybridized carbons (Fsp3) is 0.294. The molecule has 0 amide bonds. The number of thiophene rings is 1. The number of hydrogen-bond acceptors (Lipinski definition) is 5. The molecule has 0 fully saturated rings. The number of carbonyl (C=O) groups is 2. The smallest absolute Gasteiger partial charge is 0.191 e. The van der Waals surface area contributed by atoms with E-state index in [4.69, 9.17) is 0 Å². The zero-order valence-electron chi connectivity index (χ0n) is 13.0. The number of aromatic nitrogens is 1. The van der Waals surface area contributed by atoms with Crippen LogP contribution in [0.2, 0.25) is 0 Å². The first-order chi connectivity index (χ1) is 10.9. The molecule has 0 aromatic carbocycles. The molecule has 2 unspecified atom stereocenters. The van der Waals surface area contributed by atoms with Crippen LogP contribution in [0.1, 0.15) is 36.3 Å². The third-order valence-corrected chi connectivity index (χ3v) is 4.59. The maximum atomic E-state index is 12.6. The number of ketones is 2. The third kappa shape index (κ3) is 3.23. The van der Waals surface area contributed by atoms with Gasteiger partial charge in [0.15, 0.2) is 11.6 Å². The molecule has 0 bridgehead atoms. The Kier molecular flexibility index (Phi) is 4.78. The van der Waals surface area contributed by atoms with E-state index in [1.165, 1.54) is 11.3 Å². The fourth-order valence-corrected chi connectivity index (χ4v) is 3.28. The van der Waals surface area contributed by atoms with Crippen molar-refractivity contribution in [1.82, 2.24) is 4.98 Å². The molecule has 0 aliphatic heterocycles. The standard InChI is InChI=1S/C17H15N3O2S/c1-9-6-12(11(3)20-9)16(21)13(7-18)14(8-19)17(22)15-5-4-10(2)23-15/h4-6,13-14,20H,1-3H3. The zero-order valence-corrected chi connectivity index (χ0v) is 13.8. The molecule has 2 atom stereocenters. The maximum absolute atomic E-state index is 12.6. The number of nitrogens with one attached hydrogen (secondary N) is 1. The maximum Gasteiger partial charge on any atom is 0.191 e. The van der Waals surface area contributed by atoms with Crippen molar-refractivity contribution in [2.75, 3.05) is 0 Å². The average Bonchev–Trinajstić information content (AvgIpc) is 3.08. The molecule has 0 aliphatic rings. The number of Topliss-reactive ketones (excluding diaryl/α,β-unsaturated/α-hetero) is 2. The van der Waals surface area contributed by atoms with Crippen LogP contribution in [0.5, 0.6) is 0 Å². The summed E-state index contributed by atoms with van der Waals surface area (Å²) in [6.07, 6.45) is 0. The summed E-state index contributed by atoms with van der Waals surface area (Å²) in [7, 11) is 0. The predicted octanol–water partition coefficient (Wildman–Crippen LogP) is 3.35. The SMILES string of the molecule is Cc1cc(C(=O)C(C#N)C(C#N)C(=O)c2ccc(C)s2)c(C)[nH]1. The molecule has 1 N–H and O–H groups in total. The fourth-order valence-electron chi connectivity index (χ4n) is 2.44. The number of hydrogen-bond donors (Lipinski definition) is 1. The van der Waals surface area contributed by atoms with Crippen LogP contribution < -0.4 is 0 Å². The first-order valence-corrected chi connectivity index (χ1v) is 7.81. The second-order valence-corrected chi connectivity index (χ2v) is 6.63. The van der Waals surface area contributed by atoms with Gasteiger partial charge >= 0.3 is 0 Å². The quantitative estimate of drug-likeness (QED) is 0.852. The number of nitriles is 2. The van der Waals surface area contributed by atoms with E-state index in [-0.39, 0.29) is 0 Å². The van der Waals surface area contributed by atoms with E-state index >= 15 is 0 Å². The minimum atomic E-state index is -1.32. The van der Waals surface area contributed by atoms with Crippen LogP contribution in [0.3, 0.4) is 0 Å². The Morgan fingerprint density at radius 1 is 1.09 bits per heavy atom. The van der Waals surface area contributed by atoms with Crippen LogP contribution in [0.15, 0.2) is 18.2 Å². The van der Waals surface area contributed by atoms with Crippen molar-refractivity contribution in [2.24, 2.45) is 11.8 Å². The van der Waals surface area contributed by atoms with E-state index < -0.39 is 23.4 Å². The first kappa shape index (κ1) is 16.7. The second kappa shape index (κ2) is 6.60. The van der Waals surface area contributed by atoms with Crippen LogP contribution in [-0.4, -0.2) is 16.6 Å². The van der Waals surface area contributed by atoms with Gasteiger partial charge in [-0.3, -0.25) is 9.59 Å². The molecule has 23 heavy (non-hydrogen) atoms. The van der Waals surface area contributed by atoms with Gasteiger partial charge in [0.2, 0.25) is 0 Å². The van der Waals surface area contributed by atoms with Gasteiger partial charge in [-0.15, -0.1) is 11.3 Å². The lowest BCUT2D eigenvalue weighted by Crippen LogP contribution is -2.28. The Labute approximate surface area is 138 Å². The van der Waals surface area contributed by atoms with Gasteiger partial charge in [0.1, 0.15) is 11.8 Å². The summed E-state index contributed by atoms with van der Waals surface area (Å²) in [4.78, 5) is 29.4. The summed E-state index contributed by atoms with van der Waals surface area (Å²) in [5.41, 5.74) is 1.77. The lowest BCUT2D eigenvalue weighted by Gasteiger charge is -2.12. The molecule has 116 valence electrons. The van der Waals surface area contributed by atoms with Crippen LogP contribution in [0.4, 0.5) is 0 Å². The van der Waals surface area contributed by atoms with Gasteiger partial charge in [-0.1, -0.05) is 0 Å². The minimum Gasteiger partial charge on any atom is -0.362 e. The van der Waals surface area contributed by atoms with Gasteiger partial charge in [0, 0.05) is 21.8 Å². The molecule has 5 nitrogen and oxygen atoms in total. The van der Waals surface area contributed by atoms with Gasteiger partial charge in [-0.05, 0) is 39.0 Å². The molecule has 0 saturated heterocycles. The van der Waals surface area contributed by atoms with Crippen molar-refractivity contribution in [3.05, 3.63) is 44.9 Å². The van der Waals surface area contributed by atoms with Gasteiger partial charge in [-0.25, -0.2) is 0 Å². The molecular weight excluding hydrogens is 310 g/mol. The molecule has 2 aromatic rings. The number of nitrogens with zero attached hydrogens (tertiary/aromatic N) is 2. The molecule has 0 saturated carbocycles. The molecule has 0 aliphatic carbocycles. The number of carbonyl (C=O) groups excluding carboxylic acids is 2. The largest absolute Gasteiger partial charge is 0.362 e. The van der Waals surface area contributed by atoms with Crippen LogP contribution in [-0.2, 0) is 0 Å². The van der Waals surface area contributed by atoms with Crippen molar-refractivity contribution in [3.63, 3.8) is 0 Å². The third-order valence-electron chi connectivity index (χ3n) is 3.57. The zero-order chi connectivity index (χ0) is 17.1. The van der Waals surface area contributed by atoms with Gasteiger partial charge in [0.25, 0.3) is 0 Å². The van der Waals surface area contributed by atoms with Crippen LogP contribution >= 0.6 is 11.3 Å². The van der Waals surface area contributed by atoms with E-state index in [2.05, 4.69) is 4.98 Å². The van der Waals surface area contributed by atoms with Crippen molar-refractivity contribution in [1.29, 1.82) is 10.5 Å². The Hall–Kier alpha value is -2.70. The molecule has 2 rings (SSSR count). The summed E-state index contributed by atoms with van der Waals surface area (Å²) in [5, 5.41) is 18.7. The Bertz CT molecular complexity index is 848. The monoisotopic (exact) mass is 325 g/mol. The number of H-pyrrole nitrogens is 1. The van der Waals surface area contributed by atoms with E-state index in [1.54, 1.807) is 32.0 Å². The Morgan fingerprint density at radius 2 is 1.70 bits per heavy atom. The molecule has 0 spiro atoms. The lowest BCUT2D eigenvalue weighted by molar-refractivity contribution is 0.0843. The summed E-state index contributed by atoms with van der Waals surface area (Å²) in [5.74, 6) is -3.60. The topological polar surface area (TPSA) is 97.5 Å². The lowest BCUT2D eigenvalue weighted by atomic mass is 9.84. The summed E-state index contributed by atoms with van der Waals surface area (Å²) >= 11 is 1.25. The van der Waals surface area contributed by atoms with Crippen LogP contribution in [0.25, 0.3) is 0 Å². The van der Waals surface area contributed by atoms with Gasteiger partial charge in [0.05, 0.1) is 17.0 Å². The molecule has 2 aromatic heterocycles. The number of aromatic amines is 1. The highest BCUT2D eigenvalue weighted by atomic mass is 32.1. The van der Waals surface area contributed by atoms with Crippen LogP contribution in [0, 0.1) is 55.3 Å². The highest BCUT2D eigenvalue weighted by Gasteiger charge is 2.36.